The van der Waals surface area contributed by atoms with Gasteiger partial charge < -0.3 is 9.47 Å². The monoisotopic (exact) mass is 363 g/mol. The third-order valence-corrected chi connectivity index (χ3v) is 5.48. The van der Waals surface area contributed by atoms with Gasteiger partial charge in [0.05, 0.1) is 0 Å². The van der Waals surface area contributed by atoms with E-state index in [-0.39, 0.29) is 0 Å². The molecule has 1 atom stereocenters. The number of aryl methyl sites for hydroxylation is 1. The molecule has 0 saturated carbocycles. The van der Waals surface area contributed by atoms with Crippen molar-refractivity contribution in [2.75, 3.05) is 32.1 Å². The Kier molecular flexibility index (Phi) is 5.12. The summed E-state index contributed by atoms with van der Waals surface area (Å²) < 4.78 is 2.34. The maximum Gasteiger partial charge on any atom is 0.159 e. The van der Waals surface area contributed by atoms with Crippen LogP contribution in [0.3, 0.4) is 0 Å². The fourth-order valence-corrected chi connectivity index (χ4v) is 4.08. The van der Waals surface area contributed by atoms with Gasteiger partial charge in [-0.3, -0.25) is 4.90 Å². The fraction of sp³-hybridized carbons (Fsp3) is 0.455. The number of nitrogens with zero attached hydrogens (tertiary/aromatic N) is 5. The molecule has 2 aromatic heterocycles. The minimum absolute atomic E-state index is 0.492. The van der Waals surface area contributed by atoms with Crippen molar-refractivity contribution in [1.29, 1.82) is 0 Å². The number of fused-ring (bicyclic) bond motifs is 1. The largest absolute Gasteiger partial charge is 0.378 e. The Labute approximate surface area is 161 Å². The molecule has 0 aliphatic carbocycles. The zero-order chi connectivity index (χ0) is 18.8. The topological polar surface area (TPSA) is 37.2 Å². The Morgan fingerprint density at radius 1 is 1.15 bits per heavy atom. The minimum atomic E-state index is 0.492. The number of hydrogen-bond donors (Lipinski definition) is 0. The van der Waals surface area contributed by atoms with E-state index in [9.17, 15) is 0 Å². The van der Waals surface area contributed by atoms with Crippen molar-refractivity contribution >= 4 is 16.9 Å². The van der Waals surface area contributed by atoms with Gasteiger partial charge in [-0.15, -0.1) is 0 Å². The van der Waals surface area contributed by atoms with E-state index < -0.39 is 0 Å². The van der Waals surface area contributed by atoms with Crippen LogP contribution in [0.2, 0.25) is 0 Å². The molecule has 1 fully saturated rings. The number of hydrogen-bond acceptors (Lipinski definition) is 4. The van der Waals surface area contributed by atoms with Crippen LogP contribution in [0.25, 0.3) is 11.2 Å². The van der Waals surface area contributed by atoms with E-state index in [0.717, 1.165) is 43.8 Å². The van der Waals surface area contributed by atoms with Crippen LogP contribution in [0.5, 0.6) is 0 Å². The van der Waals surface area contributed by atoms with Crippen LogP contribution in [0.1, 0.15) is 37.1 Å². The third-order valence-electron chi connectivity index (χ3n) is 5.48. The molecule has 5 heteroatoms. The highest BCUT2D eigenvalue weighted by molar-refractivity contribution is 5.71. The van der Waals surface area contributed by atoms with E-state index in [2.05, 4.69) is 70.7 Å². The van der Waals surface area contributed by atoms with Crippen molar-refractivity contribution in [3.63, 3.8) is 0 Å². The second-order valence-electron chi connectivity index (χ2n) is 7.75. The molecule has 1 aliphatic rings. The van der Waals surface area contributed by atoms with Crippen LogP contribution in [0, 0.1) is 0 Å². The zero-order valence-corrected chi connectivity index (χ0v) is 16.6. The van der Waals surface area contributed by atoms with E-state index in [1.165, 1.54) is 23.5 Å². The first kappa shape index (κ1) is 18.0. The number of rotatable bonds is 6. The van der Waals surface area contributed by atoms with Gasteiger partial charge in [0.25, 0.3) is 0 Å². The molecule has 142 valence electrons. The number of anilines is 1. The molecule has 27 heavy (non-hydrogen) atoms. The molecular formula is C22H29N5. The highest BCUT2D eigenvalue weighted by Gasteiger charge is 2.28. The van der Waals surface area contributed by atoms with Crippen LogP contribution < -0.4 is 4.90 Å². The average Bonchev–Trinajstić information content (AvgIpc) is 3.27. The van der Waals surface area contributed by atoms with Crippen LogP contribution in [-0.4, -0.2) is 46.6 Å². The van der Waals surface area contributed by atoms with Gasteiger partial charge in [-0.1, -0.05) is 19.1 Å². The lowest BCUT2D eigenvalue weighted by molar-refractivity contribution is 0.325. The van der Waals surface area contributed by atoms with E-state index in [0.29, 0.717) is 5.92 Å². The summed E-state index contributed by atoms with van der Waals surface area (Å²) in [5.41, 5.74) is 4.69. The van der Waals surface area contributed by atoms with E-state index >= 15 is 0 Å². The summed E-state index contributed by atoms with van der Waals surface area (Å²) in [4.78, 5) is 14.2. The van der Waals surface area contributed by atoms with Crippen LogP contribution in [0.15, 0.2) is 42.6 Å². The Balaban J connectivity index is 1.49. The van der Waals surface area contributed by atoms with Crippen molar-refractivity contribution in [2.24, 2.45) is 0 Å². The lowest BCUT2D eigenvalue weighted by Gasteiger charge is -2.18. The minimum Gasteiger partial charge on any atom is -0.378 e. The summed E-state index contributed by atoms with van der Waals surface area (Å²) in [5.74, 6) is 1.71. The molecule has 3 aromatic rings. The molecule has 4 rings (SSSR count). The summed E-state index contributed by atoms with van der Waals surface area (Å²) in [6, 6.07) is 13.0. The van der Waals surface area contributed by atoms with Gasteiger partial charge >= 0.3 is 0 Å². The van der Waals surface area contributed by atoms with Crippen molar-refractivity contribution in [3.05, 3.63) is 54.0 Å². The molecule has 1 aromatic carbocycles. The van der Waals surface area contributed by atoms with Gasteiger partial charge in [-0.2, -0.15) is 0 Å². The van der Waals surface area contributed by atoms with Crippen molar-refractivity contribution in [2.45, 2.75) is 38.8 Å². The summed E-state index contributed by atoms with van der Waals surface area (Å²) in [6.45, 7) is 6.42. The molecule has 1 aliphatic heterocycles. The number of benzene rings is 1. The molecule has 3 heterocycles. The molecule has 0 amide bonds. The molecular weight excluding hydrogens is 334 g/mol. The molecule has 0 radical (unpaired) electrons. The lowest BCUT2D eigenvalue weighted by atomic mass is 10.1. The second-order valence-corrected chi connectivity index (χ2v) is 7.75. The molecule has 5 nitrogen and oxygen atoms in total. The lowest BCUT2D eigenvalue weighted by Crippen LogP contribution is -2.20. The maximum atomic E-state index is 4.95. The first-order valence-corrected chi connectivity index (χ1v) is 9.95. The normalized spacial score (nSPS) is 17.7. The van der Waals surface area contributed by atoms with Gasteiger partial charge in [0, 0.05) is 51.5 Å². The number of imidazole rings is 1. The van der Waals surface area contributed by atoms with Gasteiger partial charge in [0.15, 0.2) is 5.65 Å². The Morgan fingerprint density at radius 3 is 2.70 bits per heavy atom. The van der Waals surface area contributed by atoms with Gasteiger partial charge in [-0.25, -0.2) is 9.97 Å². The average molecular weight is 364 g/mol. The highest BCUT2D eigenvalue weighted by Crippen LogP contribution is 2.30. The van der Waals surface area contributed by atoms with Crippen LogP contribution >= 0.6 is 0 Å². The summed E-state index contributed by atoms with van der Waals surface area (Å²) >= 11 is 0. The van der Waals surface area contributed by atoms with E-state index in [4.69, 9.17) is 4.98 Å². The molecule has 0 unspecified atom stereocenters. The SMILES string of the molecule is CCCn1c([C@@H]2CCN(Cc3ccc(N(C)C)cc3)C2)nc2cccnc21. The Bertz CT molecular complexity index is 897. The zero-order valence-electron chi connectivity index (χ0n) is 16.6. The summed E-state index contributed by atoms with van der Waals surface area (Å²) in [6.07, 6.45) is 4.14. The Morgan fingerprint density at radius 2 is 1.96 bits per heavy atom. The smallest absolute Gasteiger partial charge is 0.159 e. The standard InChI is InChI=1S/C22H29N5/c1-4-13-27-21(24-20-6-5-12-23-22(20)27)18-11-14-26(16-18)15-17-7-9-19(10-8-17)25(2)3/h5-10,12,18H,4,11,13-16H2,1-3H3/t18-/m1/s1. The number of aromatic nitrogens is 3. The predicted molar refractivity (Wildman–Crippen MR) is 111 cm³/mol. The number of likely N-dealkylation sites (tertiary alicyclic amines) is 1. The summed E-state index contributed by atoms with van der Waals surface area (Å²) in [5, 5.41) is 0. The highest BCUT2D eigenvalue weighted by atomic mass is 15.2. The Hall–Kier alpha value is -2.40. The van der Waals surface area contributed by atoms with Crippen molar-refractivity contribution in [1.82, 2.24) is 19.4 Å². The molecule has 0 bridgehead atoms. The molecule has 0 N–H and O–H groups in total. The summed E-state index contributed by atoms with van der Waals surface area (Å²) in [7, 11) is 4.16. The molecule has 0 spiro atoms. The van der Waals surface area contributed by atoms with Crippen molar-refractivity contribution in [3.8, 4) is 0 Å². The maximum absolute atomic E-state index is 4.95. The predicted octanol–water partition coefficient (Wildman–Crippen LogP) is 3.90. The van der Waals surface area contributed by atoms with Crippen molar-refractivity contribution < 1.29 is 0 Å². The van der Waals surface area contributed by atoms with Crippen LogP contribution in [-0.2, 0) is 13.1 Å². The van der Waals surface area contributed by atoms with Crippen LogP contribution in [0.4, 0.5) is 5.69 Å². The quantitative estimate of drug-likeness (QED) is 0.666. The second kappa shape index (κ2) is 7.69. The van der Waals surface area contributed by atoms with E-state index in [1.807, 2.05) is 12.3 Å². The fourth-order valence-electron chi connectivity index (χ4n) is 4.08. The first-order chi connectivity index (χ1) is 13.2. The van der Waals surface area contributed by atoms with Gasteiger partial charge in [-0.05, 0) is 49.2 Å². The van der Waals surface area contributed by atoms with Gasteiger partial charge in [0.2, 0.25) is 0 Å². The first-order valence-electron chi connectivity index (χ1n) is 9.95. The molecule has 1 saturated heterocycles. The van der Waals surface area contributed by atoms with Gasteiger partial charge in [0.1, 0.15) is 11.3 Å². The number of pyridine rings is 1. The third kappa shape index (κ3) is 3.69. The van der Waals surface area contributed by atoms with E-state index in [1.54, 1.807) is 0 Å².